The minimum atomic E-state index is -1.26. The van der Waals surface area contributed by atoms with Crippen LogP contribution in [0.3, 0.4) is 0 Å². The fraction of sp³-hybridized carbons (Fsp3) is 0.375. The average molecular weight is 462 g/mol. The highest BCUT2D eigenvalue weighted by atomic mass is 16.6. The normalized spacial score (nSPS) is 29.4. The van der Waals surface area contributed by atoms with E-state index >= 15 is 0 Å². The number of aryl methyl sites for hydroxylation is 1. The van der Waals surface area contributed by atoms with Crippen LogP contribution in [-0.2, 0) is 19.9 Å². The second-order valence-corrected chi connectivity index (χ2v) is 9.25. The minimum Gasteiger partial charge on any atom is -0.494 e. The molecule has 1 N–H and O–H groups in total. The van der Waals surface area contributed by atoms with E-state index in [1.54, 1.807) is 0 Å². The largest absolute Gasteiger partial charge is 0.494 e. The number of ether oxygens (including phenoxy) is 1. The zero-order chi connectivity index (χ0) is 23.9. The molecule has 6 rings (SSSR count). The van der Waals surface area contributed by atoms with Crippen molar-refractivity contribution >= 4 is 34.8 Å². The van der Waals surface area contributed by atoms with E-state index in [4.69, 9.17) is 4.74 Å². The second kappa shape index (κ2) is 6.86. The molecule has 0 unspecified atom stereocenters. The maximum absolute atomic E-state index is 14.0. The molecule has 0 aromatic heterocycles. The van der Waals surface area contributed by atoms with Gasteiger partial charge in [-0.05, 0) is 37.9 Å². The lowest BCUT2D eigenvalue weighted by Crippen LogP contribution is -2.54. The number of benzene rings is 2. The Morgan fingerprint density at radius 3 is 2.71 bits per heavy atom. The van der Waals surface area contributed by atoms with Gasteiger partial charge >= 0.3 is 0 Å². The highest BCUT2D eigenvalue weighted by molar-refractivity contribution is 6.26. The number of fused-ring (bicyclic) bond motifs is 7. The maximum Gasteiger partial charge on any atom is 0.273 e. The fourth-order valence-electron chi connectivity index (χ4n) is 6.58. The first-order valence-corrected chi connectivity index (χ1v) is 11.2. The van der Waals surface area contributed by atoms with Gasteiger partial charge in [-0.25, -0.2) is 4.90 Å². The summed E-state index contributed by atoms with van der Waals surface area (Å²) in [6.45, 7) is 2.53. The van der Waals surface area contributed by atoms with Crippen LogP contribution in [0.2, 0.25) is 0 Å². The number of imide groups is 1. The topological polar surface area (TPSA) is 122 Å². The third-order valence-corrected chi connectivity index (χ3v) is 7.85. The first kappa shape index (κ1) is 20.8. The van der Waals surface area contributed by atoms with Crippen LogP contribution in [0.15, 0.2) is 36.4 Å². The van der Waals surface area contributed by atoms with Gasteiger partial charge in [0.15, 0.2) is 0 Å². The molecule has 1 spiro atoms. The summed E-state index contributed by atoms with van der Waals surface area (Å²) in [7, 11) is 1.33. The minimum absolute atomic E-state index is 0.0559. The summed E-state index contributed by atoms with van der Waals surface area (Å²) in [5, 5.41) is 14.2. The van der Waals surface area contributed by atoms with Crippen molar-refractivity contribution in [2.24, 2.45) is 11.8 Å². The number of hydrogen-bond donors (Lipinski definition) is 1. The Morgan fingerprint density at radius 2 is 1.97 bits per heavy atom. The third kappa shape index (κ3) is 2.30. The first-order chi connectivity index (χ1) is 16.3. The number of nitrogens with zero attached hydrogens (tertiary/aromatic N) is 3. The molecule has 3 amide bonds. The maximum atomic E-state index is 14.0. The molecule has 0 bridgehead atoms. The number of anilines is 2. The SMILES string of the molecule is COc1cc([N+](=O)[O-])ccc1N1C(=O)[C@@H]2[C@H]3CCCN3[C@]3(C(=O)Nc4c(C)cccc43)[C@H]2C1=O. The molecule has 0 aliphatic carbocycles. The van der Waals surface area contributed by atoms with Crippen LogP contribution >= 0.6 is 0 Å². The third-order valence-electron chi connectivity index (χ3n) is 7.85. The van der Waals surface area contributed by atoms with Crippen LogP contribution in [0.25, 0.3) is 0 Å². The molecule has 4 aliphatic heterocycles. The number of amides is 3. The first-order valence-electron chi connectivity index (χ1n) is 11.2. The van der Waals surface area contributed by atoms with Crippen molar-refractivity contribution in [1.82, 2.24) is 4.90 Å². The van der Waals surface area contributed by atoms with Gasteiger partial charge in [0.2, 0.25) is 17.7 Å². The summed E-state index contributed by atoms with van der Waals surface area (Å²) in [4.78, 5) is 55.3. The van der Waals surface area contributed by atoms with Crippen molar-refractivity contribution in [3.63, 3.8) is 0 Å². The molecule has 3 fully saturated rings. The van der Waals surface area contributed by atoms with Gasteiger partial charge in [0.25, 0.3) is 5.69 Å². The van der Waals surface area contributed by atoms with Gasteiger partial charge < -0.3 is 10.1 Å². The lowest BCUT2D eigenvalue weighted by molar-refractivity contribution is -0.384. The second-order valence-electron chi connectivity index (χ2n) is 9.25. The number of carbonyl (C=O) groups excluding carboxylic acids is 3. The number of non-ortho nitro benzene ring substituents is 1. The van der Waals surface area contributed by atoms with E-state index in [9.17, 15) is 24.5 Å². The van der Waals surface area contributed by atoms with E-state index in [0.717, 1.165) is 22.4 Å². The number of hydrogen-bond acceptors (Lipinski definition) is 7. The van der Waals surface area contributed by atoms with E-state index in [2.05, 4.69) is 10.2 Å². The summed E-state index contributed by atoms with van der Waals surface area (Å²) in [5.74, 6) is -2.69. The lowest BCUT2D eigenvalue weighted by Gasteiger charge is -2.36. The molecule has 174 valence electrons. The van der Waals surface area contributed by atoms with Crippen molar-refractivity contribution < 1.29 is 24.0 Å². The summed E-state index contributed by atoms with van der Waals surface area (Å²) in [6, 6.07) is 9.19. The van der Waals surface area contributed by atoms with Gasteiger partial charge in [0, 0.05) is 23.4 Å². The molecule has 4 aliphatic rings. The Bertz CT molecular complexity index is 1310. The van der Waals surface area contributed by atoms with Gasteiger partial charge in [-0.3, -0.25) is 29.4 Å². The van der Waals surface area contributed by atoms with Crippen molar-refractivity contribution in [2.45, 2.75) is 31.3 Å². The predicted molar refractivity (Wildman–Crippen MR) is 120 cm³/mol. The average Bonchev–Trinajstić information content (AvgIpc) is 3.52. The summed E-state index contributed by atoms with van der Waals surface area (Å²) in [5.41, 5.74) is 1.01. The fourth-order valence-corrected chi connectivity index (χ4v) is 6.58. The van der Waals surface area contributed by atoms with E-state index in [1.807, 2.05) is 25.1 Å². The summed E-state index contributed by atoms with van der Waals surface area (Å²) >= 11 is 0. The molecular formula is C24H22N4O6. The Kier molecular flexibility index (Phi) is 4.20. The van der Waals surface area contributed by atoms with E-state index in [1.165, 1.54) is 25.3 Å². The molecule has 10 nitrogen and oxygen atoms in total. The van der Waals surface area contributed by atoms with Crippen LogP contribution < -0.4 is 15.0 Å². The molecule has 3 saturated heterocycles. The Hall–Kier alpha value is -3.79. The van der Waals surface area contributed by atoms with Gasteiger partial charge in [0.1, 0.15) is 11.3 Å². The number of nitro groups is 1. The summed E-state index contributed by atoms with van der Waals surface area (Å²) < 4.78 is 5.32. The van der Waals surface area contributed by atoms with Gasteiger partial charge in [-0.15, -0.1) is 0 Å². The van der Waals surface area contributed by atoms with Crippen molar-refractivity contribution in [3.05, 3.63) is 57.6 Å². The molecule has 2 aromatic carbocycles. The standard InChI is InChI=1S/C24H22N4O6/c1-12-5-3-6-14-20(12)25-23(31)24(14)19-18(16-7-4-10-26(16)24)21(29)27(22(19)30)15-9-8-13(28(32)33)11-17(15)34-2/h3,5-6,8-9,11,16,18-19H,4,7,10H2,1-2H3,(H,25,31)/t16-,18-,19-,24+/m1/s1. The Balaban J connectivity index is 1.53. The van der Waals surface area contributed by atoms with Gasteiger partial charge in [-0.1, -0.05) is 18.2 Å². The lowest BCUT2D eigenvalue weighted by atomic mass is 9.75. The monoisotopic (exact) mass is 462 g/mol. The van der Waals surface area contributed by atoms with Gasteiger partial charge in [0.05, 0.1) is 35.6 Å². The quantitative estimate of drug-likeness (QED) is 0.422. The van der Waals surface area contributed by atoms with Gasteiger partial charge in [-0.2, -0.15) is 0 Å². The highest BCUT2D eigenvalue weighted by Gasteiger charge is 2.74. The predicted octanol–water partition coefficient (Wildman–Crippen LogP) is 2.34. The van der Waals surface area contributed by atoms with Crippen molar-refractivity contribution in [1.29, 1.82) is 0 Å². The number of rotatable bonds is 3. The number of nitrogens with one attached hydrogen (secondary N) is 1. The van der Waals surface area contributed by atoms with Crippen LogP contribution in [0.1, 0.15) is 24.0 Å². The van der Waals surface area contributed by atoms with Crippen molar-refractivity contribution in [3.8, 4) is 5.75 Å². The number of methoxy groups -OCH3 is 1. The molecular weight excluding hydrogens is 440 g/mol. The van der Waals surface area contributed by atoms with Crippen molar-refractivity contribution in [2.75, 3.05) is 23.9 Å². The van der Waals surface area contributed by atoms with E-state index in [-0.39, 0.29) is 29.1 Å². The molecule has 4 atom stereocenters. The highest BCUT2D eigenvalue weighted by Crippen LogP contribution is 2.61. The van der Waals surface area contributed by atoms with Crippen LogP contribution in [0, 0.1) is 28.9 Å². The Labute approximate surface area is 194 Å². The van der Waals surface area contributed by atoms with Crippen LogP contribution in [-0.4, -0.2) is 47.2 Å². The molecule has 0 radical (unpaired) electrons. The smallest absolute Gasteiger partial charge is 0.273 e. The number of para-hydroxylation sites is 1. The molecule has 4 heterocycles. The van der Waals surface area contributed by atoms with E-state index in [0.29, 0.717) is 18.7 Å². The molecule has 34 heavy (non-hydrogen) atoms. The zero-order valence-corrected chi connectivity index (χ0v) is 18.6. The number of carbonyl (C=O) groups is 3. The summed E-state index contributed by atoms with van der Waals surface area (Å²) in [6.07, 6.45) is 1.54. The van der Waals surface area contributed by atoms with Crippen LogP contribution in [0.5, 0.6) is 5.75 Å². The zero-order valence-electron chi connectivity index (χ0n) is 18.6. The molecule has 0 saturated carbocycles. The number of nitro benzene ring substituents is 1. The molecule has 10 heteroatoms. The molecule has 2 aromatic rings. The van der Waals surface area contributed by atoms with Crippen LogP contribution in [0.4, 0.5) is 17.1 Å². The van der Waals surface area contributed by atoms with E-state index < -0.39 is 34.1 Å². The Morgan fingerprint density at radius 1 is 1.18 bits per heavy atom.